The van der Waals surface area contributed by atoms with E-state index in [9.17, 15) is 14.4 Å². The summed E-state index contributed by atoms with van der Waals surface area (Å²) in [7, 11) is 0. The van der Waals surface area contributed by atoms with Gasteiger partial charge in [0.05, 0.1) is 0 Å². The molecule has 0 aromatic rings. The van der Waals surface area contributed by atoms with Gasteiger partial charge >= 0.3 is 17.9 Å². The Morgan fingerprint density at radius 2 is 0.513 bits per heavy atom. The van der Waals surface area contributed by atoms with Gasteiger partial charge in [0.1, 0.15) is 13.2 Å². The number of ether oxygens (including phenoxy) is 3. The van der Waals surface area contributed by atoms with E-state index in [4.69, 9.17) is 14.2 Å². The van der Waals surface area contributed by atoms with Crippen molar-refractivity contribution in [2.75, 3.05) is 13.2 Å². The molecule has 6 nitrogen and oxygen atoms in total. The van der Waals surface area contributed by atoms with Crippen LogP contribution in [0.25, 0.3) is 0 Å². The monoisotopic (exact) mass is 1060 g/mol. The fourth-order valence-electron chi connectivity index (χ4n) is 9.79. The summed E-state index contributed by atoms with van der Waals surface area (Å²) < 4.78 is 16.9. The first-order valence-electron chi connectivity index (χ1n) is 33.3. The predicted octanol–water partition coefficient (Wildman–Crippen LogP) is 22.7. The standard InChI is InChI=1S/C70H126O6/c1-4-7-10-13-16-19-22-25-27-29-31-33-34-35-36-37-39-40-42-45-48-51-54-57-60-63-69(72)75-66-67(65-74-68(71)62-59-56-53-50-47-44-24-21-18-15-12-9-6-3)76-70(73)64-61-58-55-52-49-46-43-41-38-32-30-28-26-23-20-17-14-11-8-5-2/h9,12,18,21-22,25,29,31,44,47,67H,4-8,10-11,13-17,19-20,23-24,26-28,30,32-43,45-46,48-66H2,1-3H3/b12-9-,21-18-,25-22-,31-29-,47-44-. The highest BCUT2D eigenvalue weighted by molar-refractivity contribution is 5.71. The van der Waals surface area contributed by atoms with E-state index in [1.807, 2.05) is 0 Å². The fourth-order valence-corrected chi connectivity index (χ4v) is 9.79. The van der Waals surface area contributed by atoms with Gasteiger partial charge in [-0.25, -0.2) is 0 Å². The van der Waals surface area contributed by atoms with Gasteiger partial charge in [-0.3, -0.25) is 14.4 Å². The van der Waals surface area contributed by atoms with E-state index in [2.05, 4.69) is 81.5 Å². The van der Waals surface area contributed by atoms with Crippen molar-refractivity contribution in [3.63, 3.8) is 0 Å². The molecule has 0 aromatic heterocycles. The third-order valence-corrected chi connectivity index (χ3v) is 14.8. The van der Waals surface area contributed by atoms with Crippen LogP contribution < -0.4 is 0 Å². The zero-order valence-electron chi connectivity index (χ0n) is 50.8. The van der Waals surface area contributed by atoms with Crippen molar-refractivity contribution in [3.05, 3.63) is 60.8 Å². The smallest absolute Gasteiger partial charge is 0.306 e. The van der Waals surface area contributed by atoms with Crippen molar-refractivity contribution in [3.8, 4) is 0 Å². The molecule has 0 radical (unpaired) electrons. The lowest BCUT2D eigenvalue weighted by molar-refractivity contribution is -0.167. The summed E-state index contributed by atoms with van der Waals surface area (Å²) in [5.41, 5.74) is 0. The molecule has 0 spiro atoms. The van der Waals surface area contributed by atoms with Crippen molar-refractivity contribution in [1.29, 1.82) is 0 Å². The van der Waals surface area contributed by atoms with Crippen molar-refractivity contribution >= 4 is 17.9 Å². The van der Waals surface area contributed by atoms with Gasteiger partial charge in [-0.2, -0.15) is 0 Å². The predicted molar refractivity (Wildman–Crippen MR) is 330 cm³/mol. The van der Waals surface area contributed by atoms with Crippen molar-refractivity contribution < 1.29 is 28.6 Å². The Kier molecular flexibility index (Phi) is 62.2. The molecule has 76 heavy (non-hydrogen) atoms. The molecule has 0 fully saturated rings. The van der Waals surface area contributed by atoms with Crippen LogP contribution in [0.4, 0.5) is 0 Å². The maximum atomic E-state index is 12.9. The molecule has 0 aliphatic rings. The van der Waals surface area contributed by atoms with Gasteiger partial charge in [0, 0.05) is 19.3 Å². The van der Waals surface area contributed by atoms with Crippen LogP contribution in [0.1, 0.15) is 348 Å². The Morgan fingerprint density at radius 1 is 0.276 bits per heavy atom. The molecule has 0 rings (SSSR count). The molecule has 0 amide bonds. The quantitative estimate of drug-likeness (QED) is 0.0261. The highest BCUT2D eigenvalue weighted by atomic mass is 16.6. The first-order valence-corrected chi connectivity index (χ1v) is 33.3. The molecule has 442 valence electrons. The van der Waals surface area contributed by atoms with E-state index in [0.717, 1.165) is 89.9 Å². The molecule has 0 saturated heterocycles. The first-order chi connectivity index (χ1) is 37.5. The molecule has 0 saturated carbocycles. The van der Waals surface area contributed by atoms with Crippen LogP contribution in [0.5, 0.6) is 0 Å². The summed E-state index contributed by atoms with van der Waals surface area (Å²) in [6.45, 7) is 6.54. The maximum Gasteiger partial charge on any atom is 0.306 e. The van der Waals surface area contributed by atoms with Crippen LogP contribution in [-0.4, -0.2) is 37.2 Å². The minimum Gasteiger partial charge on any atom is -0.462 e. The number of hydrogen-bond donors (Lipinski definition) is 0. The Labute approximate surface area is 472 Å². The lowest BCUT2D eigenvalue weighted by Crippen LogP contribution is -2.30. The highest BCUT2D eigenvalue weighted by Gasteiger charge is 2.19. The molecule has 0 aromatic carbocycles. The lowest BCUT2D eigenvalue weighted by atomic mass is 10.0. The number of esters is 3. The minimum atomic E-state index is -0.785. The second-order valence-corrected chi connectivity index (χ2v) is 22.4. The number of carbonyl (C=O) groups is 3. The third kappa shape index (κ3) is 62.0. The molecule has 0 aliphatic heterocycles. The minimum absolute atomic E-state index is 0.0805. The number of unbranched alkanes of at least 4 members (excludes halogenated alkanes) is 40. The zero-order valence-corrected chi connectivity index (χ0v) is 50.8. The SMILES string of the molecule is CC/C=C\C/C=C\C/C=C\CCCCCC(=O)OCC(COC(=O)CCCCCCCCCCCCCCC/C=C\C/C=C\CCCCCCC)OC(=O)CCCCCCCCCCCCCCCCCCCCCC. The molecule has 0 aliphatic carbocycles. The Hall–Kier alpha value is -2.89. The molecule has 0 heterocycles. The van der Waals surface area contributed by atoms with Gasteiger partial charge in [-0.05, 0) is 83.5 Å². The number of carbonyl (C=O) groups excluding carboxylic acids is 3. The first kappa shape index (κ1) is 73.1. The molecule has 6 heteroatoms. The van der Waals surface area contributed by atoms with Crippen molar-refractivity contribution in [1.82, 2.24) is 0 Å². The van der Waals surface area contributed by atoms with E-state index in [-0.39, 0.29) is 31.1 Å². The number of allylic oxidation sites excluding steroid dienone is 10. The molecule has 0 N–H and O–H groups in total. The average Bonchev–Trinajstić information content (AvgIpc) is 3.42. The van der Waals surface area contributed by atoms with Crippen LogP contribution in [0.3, 0.4) is 0 Å². The van der Waals surface area contributed by atoms with Crippen LogP contribution in [0.2, 0.25) is 0 Å². The molecule has 0 bridgehead atoms. The van der Waals surface area contributed by atoms with Crippen LogP contribution in [0.15, 0.2) is 60.8 Å². The lowest BCUT2D eigenvalue weighted by Gasteiger charge is -2.18. The van der Waals surface area contributed by atoms with Gasteiger partial charge in [-0.15, -0.1) is 0 Å². The normalized spacial score (nSPS) is 12.4. The van der Waals surface area contributed by atoms with E-state index >= 15 is 0 Å². The average molecular weight is 1060 g/mol. The molecule has 1 atom stereocenters. The van der Waals surface area contributed by atoms with Gasteiger partial charge < -0.3 is 14.2 Å². The van der Waals surface area contributed by atoms with Crippen molar-refractivity contribution in [2.45, 2.75) is 354 Å². The Balaban J connectivity index is 4.27. The van der Waals surface area contributed by atoms with Crippen LogP contribution in [-0.2, 0) is 28.6 Å². The number of rotatable bonds is 61. The summed E-state index contributed by atoms with van der Waals surface area (Å²) in [6.07, 6.45) is 82.4. The summed E-state index contributed by atoms with van der Waals surface area (Å²) in [5, 5.41) is 0. The van der Waals surface area contributed by atoms with E-state index in [1.54, 1.807) is 0 Å². The fraction of sp³-hybridized carbons (Fsp3) is 0.814. The van der Waals surface area contributed by atoms with Crippen molar-refractivity contribution in [2.24, 2.45) is 0 Å². The summed E-state index contributed by atoms with van der Waals surface area (Å²) in [4.78, 5) is 38.3. The Morgan fingerprint density at radius 3 is 0.816 bits per heavy atom. The highest BCUT2D eigenvalue weighted by Crippen LogP contribution is 2.18. The largest absolute Gasteiger partial charge is 0.462 e. The van der Waals surface area contributed by atoms with Crippen LogP contribution >= 0.6 is 0 Å². The second kappa shape index (κ2) is 64.6. The van der Waals surface area contributed by atoms with Gasteiger partial charge in [0.2, 0.25) is 0 Å². The molecular formula is C70H126O6. The number of hydrogen-bond acceptors (Lipinski definition) is 6. The van der Waals surface area contributed by atoms with E-state index in [1.165, 1.54) is 218 Å². The summed E-state index contributed by atoms with van der Waals surface area (Å²) in [5.74, 6) is -0.891. The topological polar surface area (TPSA) is 78.9 Å². The van der Waals surface area contributed by atoms with Crippen LogP contribution in [0, 0.1) is 0 Å². The maximum absolute atomic E-state index is 12.9. The summed E-state index contributed by atoms with van der Waals surface area (Å²) >= 11 is 0. The zero-order chi connectivity index (χ0) is 55.0. The van der Waals surface area contributed by atoms with E-state index < -0.39 is 6.10 Å². The van der Waals surface area contributed by atoms with Gasteiger partial charge in [-0.1, -0.05) is 306 Å². The molecule has 1 unspecified atom stereocenters. The van der Waals surface area contributed by atoms with Gasteiger partial charge in [0.15, 0.2) is 6.10 Å². The Bertz CT molecular complexity index is 1360. The third-order valence-electron chi connectivity index (χ3n) is 14.8. The summed E-state index contributed by atoms with van der Waals surface area (Å²) in [6, 6.07) is 0. The second-order valence-electron chi connectivity index (χ2n) is 22.4. The van der Waals surface area contributed by atoms with Gasteiger partial charge in [0.25, 0.3) is 0 Å². The molecular weight excluding hydrogens is 937 g/mol. The van der Waals surface area contributed by atoms with E-state index in [0.29, 0.717) is 19.3 Å².